The van der Waals surface area contributed by atoms with Crippen LogP contribution in [0.2, 0.25) is 0 Å². The van der Waals surface area contributed by atoms with E-state index in [-0.39, 0.29) is 11.7 Å². The van der Waals surface area contributed by atoms with E-state index in [9.17, 15) is 9.90 Å². The first kappa shape index (κ1) is 11.1. The van der Waals surface area contributed by atoms with Crippen LogP contribution in [0.25, 0.3) is 0 Å². The van der Waals surface area contributed by atoms with Gasteiger partial charge in [0.15, 0.2) is 0 Å². The average molecular weight is 296 g/mol. The van der Waals surface area contributed by atoms with Gasteiger partial charge in [-0.15, -0.1) is 0 Å². The van der Waals surface area contributed by atoms with Gasteiger partial charge in [-0.05, 0) is 46.5 Å². The second-order valence-corrected chi connectivity index (χ2v) is 5.69. The highest BCUT2D eigenvalue weighted by atomic mass is 79.9. The number of halogens is 1. The van der Waals surface area contributed by atoms with Crippen LogP contribution in [0.3, 0.4) is 0 Å². The van der Waals surface area contributed by atoms with Crippen LogP contribution in [0.5, 0.6) is 5.75 Å². The quantitative estimate of drug-likeness (QED) is 0.865. The van der Waals surface area contributed by atoms with Crippen LogP contribution in [0.15, 0.2) is 16.6 Å². The van der Waals surface area contributed by atoms with Crippen molar-refractivity contribution in [3.05, 3.63) is 27.7 Å². The first-order valence-electron chi connectivity index (χ1n) is 5.99. The van der Waals surface area contributed by atoms with Crippen molar-refractivity contribution >= 4 is 21.8 Å². The monoisotopic (exact) mass is 295 g/mol. The number of hydrogen-bond acceptors (Lipinski definition) is 2. The number of carbonyl (C=O) groups excluding carboxylic acids is 1. The minimum atomic E-state index is 0.118. The van der Waals surface area contributed by atoms with Crippen molar-refractivity contribution in [1.29, 1.82) is 0 Å². The number of benzene rings is 1. The molecule has 4 heteroatoms. The van der Waals surface area contributed by atoms with Crippen molar-refractivity contribution in [2.75, 3.05) is 0 Å². The molecule has 1 aliphatic carbocycles. The molecule has 0 unspecified atom stereocenters. The summed E-state index contributed by atoms with van der Waals surface area (Å²) in [5, 5.41) is 9.64. The fraction of sp³-hybridized carbons (Fsp3) is 0.462. The Morgan fingerprint density at radius 2 is 2.00 bits per heavy atom. The Labute approximate surface area is 109 Å². The van der Waals surface area contributed by atoms with Crippen LogP contribution in [-0.2, 0) is 6.54 Å². The molecule has 0 aromatic heterocycles. The Balaban J connectivity index is 1.94. The molecule has 0 saturated heterocycles. The zero-order valence-electron chi connectivity index (χ0n) is 9.45. The third-order valence-corrected chi connectivity index (χ3v) is 4.41. The molecule has 1 aromatic carbocycles. The highest BCUT2D eigenvalue weighted by molar-refractivity contribution is 9.10. The Morgan fingerprint density at radius 1 is 1.29 bits per heavy atom. The topological polar surface area (TPSA) is 40.5 Å². The molecular weight excluding hydrogens is 282 g/mol. The van der Waals surface area contributed by atoms with Crippen LogP contribution in [0.4, 0.5) is 0 Å². The number of fused-ring (bicyclic) bond motifs is 1. The largest absolute Gasteiger partial charge is 0.507 e. The van der Waals surface area contributed by atoms with Crippen LogP contribution < -0.4 is 0 Å². The molecule has 1 heterocycles. The number of phenols is 1. The minimum Gasteiger partial charge on any atom is -0.507 e. The summed E-state index contributed by atoms with van der Waals surface area (Å²) in [6.07, 6.45) is 4.68. The number of aromatic hydroxyl groups is 1. The van der Waals surface area contributed by atoms with Crippen molar-refractivity contribution in [2.24, 2.45) is 0 Å². The summed E-state index contributed by atoms with van der Waals surface area (Å²) in [5.41, 5.74) is 1.68. The van der Waals surface area contributed by atoms with Crippen LogP contribution in [0, 0.1) is 0 Å². The van der Waals surface area contributed by atoms with Crippen molar-refractivity contribution in [3.8, 4) is 5.75 Å². The van der Waals surface area contributed by atoms with E-state index in [1.54, 1.807) is 12.1 Å². The number of hydrogen-bond donors (Lipinski definition) is 1. The molecule has 0 spiro atoms. The fourth-order valence-electron chi connectivity index (χ4n) is 2.86. The Kier molecular flexibility index (Phi) is 2.62. The van der Waals surface area contributed by atoms with Gasteiger partial charge in [0.1, 0.15) is 5.75 Å². The molecule has 1 saturated carbocycles. The molecule has 0 atom stereocenters. The highest BCUT2D eigenvalue weighted by Gasteiger charge is 2.34. The van der Waals surface area contributed by atoms with Crippen molar-refractivity contribution in [2.45, 2.75) is 38.3 Å². The summed E-state index contributed by atoms with van der Waals surface area (Å²) in [7, 11) is 0. The lowest BCUT2D eigenvalue weighted by Crippen LogP contribution is -2.33. The number of rotatable bonds is 1. The van der Waals surface area contributed by atoms with Gasteiger partial charge in [-0.1, -0.05) is 12.8 Å². The maximum Gasteiger partial charge on any atom is 0.254 e. The molecule has 17 heavy (non-hydrogen) atoms. The van der Waals surface area contributed by atoms with E-state index in [0.717, 1.165) is 24.0 Å². The Bertz CT molecular complexity index is 481. The van der Waals surface area contributed by atoms with Gasteiger partial charge in [-0.3, -0.25) is 4.79 Å². The lowest BCUT2D eigenvalue weighted by Gasteiger charge is -2.23. The predicted octanol–water partition coefficient (Wildman–Crippen LogP) is 3.05. The number of nitrogens with zero attached hydrogens (tertiary/aromatic N) is 1. The van der Waals surface area contributed by atoms with E-state index in [4.69, 9.17) is 0 Å². The minimum absolute atomic E-state index is 0.118. The van der Waals surface area contributed by atoms with Crippen LogP contribution >= 0.6 is 15.9 Å². The van der Waals surface area contributed by atoms with Crippen molar-refractivity contribution in [3.63, 3.8) is 0 Å². The summed E-state index contributed by atoms with van der Waals surface area (Å²) < 4.78 is 0.595. The number of phenolic OH excluding ortho intramolecular Hbond substituents is 1. The molecular formula is C13H14BrNO2. The molecule has 90 valence electrons. The maximum atomic E-state index is 12.3. The first-order chi connectivity index (χ1) is 8.16. The standard InChI is InChI=1S/C13H14BrNO2/c14-11-6-10-8(5-12(11)16)7-15(13(10)17)9-3-1-2-4-9/h5-6,9,16H,1-4,7H2. The summed E-state index contributed by atoms with van der Waals surface area (Å²) in [6.45, 7) is 0.652. The second-order valence-electron chi connectivity index (χ2n) is 4.83. The Hall–Kier alpha value is -1.03. The van der Waals surface area contributed by atoms with E-state index in [2.05, 4.69) is 15.9 Å². The van der Waals surface area contributed by atoms with E-state index in [1.165, 1.54) is 12.8 Å². The molecule has 1 aliphatic heterocycles. The molecule has 3 nitrogen and oxygen atoms in total. The van der Waals surface area contributed by atoms with Gasteiger partial charge in [0, 0.05) is 18.2 Å². The lowest BCUT2D eigenvalue weighted by atomic mass is 10.1. The number of carbonyl (C=O) groups is 1. The van der Waals surface area contributed by atoms with Gasteiger partial charge < -0.3 is 10.0 Å². The molecule has 1 fully saturated rings. The highest BCUT2D eigenvalue weighted by Crippen LogP contribution is 2.36. The SMILES string of the molecule is O=C1c2cc(Br)c(O)cc2CN1C1CCCC1. The molecule has 3 rings (SSSR count). The Morgan fingerprint density at radius 3 is 2.71 bits per heavy atom. The normalized spacial score (nSPS) is 20.1. The summed E-state index contributed by atoms with van der Waals surface area (Å²) >= 11 is 3.26. The third-order valence-electron chi connectivity index (χ3n) is 3.77. The molecule has 1 aromatic rings. The maximum absolute atomic E-state index is 12.3. The summed E-state index contributed by atoms with van der Waals surface area (Å²) in [6, 6.07) is 3.84. The van der Waals surface area contributed by atoms with E-state index < -0.39 is 0 Å². The predicted molar refractivity (Wildman–Crippen MR) is 67.9 cm³/mol. The molecule has 1 amide bonds. The van der Waals surface area contributed by atoms with Gasteiger partial charge in [0.25, 0.3) is 5.91 Å². The van der Waals surface area contributed by atoms with Gasteiger partial charge in [0.05, 0.1) is 4.47 Å². The fourth-order valence-corrected chi connectivity index (χ4v) is 3.20. The smallest absolute Gasteiger partial charge is 0.254 e. The zero-order valence-corrected chi connectivity index (χ0v) is 11.0. The summed E-state index contributed by atoms with van der Waals surface area (Å²) in [4.78, 5) is 14.2. The van der Waals surface area contributed by atoms with E-state index in [1.807, 2.05) is 4.90 Å². The van der Waals surface area contributed by atoms with Gasteiger partial charge >= 0.3 is 0 Å². The molecule has 2 aliphatic rings. The molecule has 1 N–H and O–H groups in total. The second kappa shape index (κ2) is 4.02. The van der Waals surface area contributed by atoms with E-state index in [0.29, 0.717) is 17.1 Å². The first-order valence-corrected chi connectivity index (χ1v) is 6.78. The van der Waals surface area contributed by atoms with Gasteiger partial charge in [0.2, 0.25) is 0 Å². The number of amides is 1. The summed E-state index contributed by atoms with van der Waals surface area (Å²) in [5.74, 6) is 0.331. The zero-order chi connectivity index (χ0) is 12.0. The van der Waals surface area contributed by atoms with Crippen LogP contribution in [0.1, 0.15) is 41.6 Å². The van der Waals surface area contributed by atoms with Crippen molar-refractivity contribution in [1.82, 2.24) is 4.90 Å². The van der Waals surface area contributed by atoms with Gasteiger partial charge in [-0.25, -0.2) is 0 Å². The molecule has 0 radical (unpaired) electrons. The average Bonchev–Trinajstić information content (AvgIpc) is 2.90. The van der Waals surface area contributed by atoms with E-state index >= 15 is 0 Å². The van der Waals surface area contributed by atoms with Crippen LogP contribution in [-0.4, -0.2) is 22.0 Å². The molecule has 0 bridgehead atoms. The van der Waals surface area contributed by atoms with Crippen molar-refractivity contribution < 1.29 is 9.90 Å². The third kappa shape index (κ3) is 1.75. The van der Waals surface area contributed by atoms with Gasteiger partial charge in [-0.2, -0.15) is 0 Å². The lowest BCUT2D eigenvalue weighted by molar-refractivity contribution is 0.0707.